The van der Waals surface area contributed by atoms with Gasteiger partial charge in [-0.15, -0.1) is 6.58 Å². The van der Waals surface area contributed by atoms with Crippen molar-refractivity contribution in [3.63, 3.8) is 0 Å². The summed E-state index contributed by atoms with van der Waals surface area (Å²) >= 11 is 0. The SMILES string of the molecule is C=CCCCN1CN(c2cccc(F)c2)C2(CCN(Cc3cccc(O[C@H](C)CC)c3)C(C)C2)C1. The average Bonchev–Trinajstić information content (AvgIpc) is 3.19. The van der Waals surface area contributed by atoms with Crippen LogP contribution in [0.15, 0.2) is 61.2 Å². The molecule has 4 rings (SSSR count). The molecule has 0 aliphatic carbocycles. The Morgan fingerprint density at radius 1 is 1.23 bits per heavy atom. The van der Waals surface area contributed by atoms with Gasteiger partial charge in [-0.3, -0.25) is 9.80 Å². The fourth-order valence-corrected chi connectivity index (χ4v) is 5.75. The van der Waals surface area contributed by atoms with Crippen molar-refractivity contribution in [3.05, 3.63) is 72.6 Å². The summed E-state index contributed by atoms with van der Waals surface area (Å²) in [6, 6.07) is 16.1. The third-order valence-electron chi connectivity index (χ3n) is 7.79. The van der Waals surface area contributed by atoms with Crippen LogP contribution in [0.1, 0.15) is 58.4 Å². The van der Waals surface area contributed by atoms with Crippen LogP contribution >= 0.6 is 0 Å². The molecule has 1 spiro atoms. The third-order valence-corrected chi connectivity index (χ3v) is 7.79. The van der Waals surface area contributed by atoms with Crippen molar-refractivity contribution in [2.24, 2.45) is 0 Å². The summed E-state index contributed by atoms with van der Waals surface area (Å²) in [6.45, 7) is 15.4. The molecule has 2 heterocycles. The van der Waals surface area contributed by atoms with Crippen molar-refractivity contribution >= 4 is 5.69 Å². The van der Waals surface area contributed by atoms with Gasteiger partial charge in [0.05, 0.1) is 18.3 Å². The Balaban J connectivity index is 1.47. The monoisotopic (exact) mass is 479 g/mol. The number of hydrogen-bond donors (Lipinski definition) is 0. The molecule has 0 saturated carbocycles. The third kappa shape index (κ3) is 6.25. The van der Waals surface area contributed by atoms with Crippen LogP contribution in [0, 0.1) is 5.82 Å². The van der Waals surface area contributed by atoms with Gasteiger partial charge in [0.15, 0.2) is 0 Å². The number of halogens is 1. The minimum Gasteiger partial charge on any atom is -0.491 e. The zero-order chi connectivity index (χ0) is 24.8. The molecular formula is C30H42FN3O. The van der Waals surface area contributed by atoms with Crippen LogP contribution in [0.2, 0.25) is 0 Å². The van der Waals surface area contributed by atoms with Crippen molar-refractivity contribution in [1.82, 2.24) is 9.80 Å². The lowest BCUT2D eigenvalue weighted by Gasteiger charge is -2.48. The van der Waals surface area contributed by atoms with Crippen LogP contribution in [0.3, 0.4) is 0 Å². The molecule has 35 heavy (non-hydrogen) atoms. The largest absolute Gasteiger partial charge is 0.491 e. The number of anilines is 1. The van der Waals surface area contributed by atoms with Crippen LogP contribution in [0.25, 0.3) is 0 Å². The maximum Gasteiger partial charge on any atom is 0.125 e. The topological polar surface area (TPSA) is 19.0 Å². The van der Waals surface area contributed by atoms with Crippen LogP contribution in [0.5, 0.6) is 5.75 Å². The molecular weight excluding hydrogens is 437 g/mol. The normalized spacial score (nSPS) is 24.1. The molecule has 2 aromatic carbocycles. The number of benzene rings is 2. The smallest absolute Gasteiger partial charge is 0.125 e. The molecule has 0 N–H and O–H groups in total. The molecule has 190 valence electrons. The number of allylic oxidation sites excluding steroid dienone is 1. The van der Waals surface area contributed by atoms with Crippen molar-refractivity contribution in [1.29, 1.82) is 0 Å². The second-order valence-corrected chi connectivity index (χ2v) is 10.5. The summed E-state index contributed by atoms with van der Waals surface area (Å²) in [4.78, 5) is 7.63. The van der Waals surface area contributed by atoms with E-state index in [0.717, 1.165) is 76.4 Å². The number of hydrogen-bond acceptors (Lipinski definition) is 4. The molecule has 2 saturated heterocycles. The number of unbranched alkanes of at least 4 members (excludes halogenated alkanes) is 1. The first-order valence-corrected chi connectivity index (χ1v) is 13.3. The summed E-state index contributed by atoms with van der Waals surface area (Å²) < 4.78 is 20.2. The first kappa shape index (κ1) is 25.7. The fraction of sp³-hybridized carbons (Fsp3) is 0.533. The molecule has 2 aliphatic heterocycles. The lowest BCUT2D eigenvalue weighted by molar-refractivity contribution is 0.0986. The van der Waals surface area contributed by atoms with Crippen LogP contribution in [-0.4, -0.2) is 53.8 Å². The minimum atomic E-state index is -0.160. The molecule has 0 amide bonds. The zero-order valence-electron chi connectivity index (χ0n) is 21.8. The first-order chi connectivity index (χ1) is 16.9. The van der Waals surface area contributed by atoms with Gasteiger partial charge in [0.2, 0.25) is 0 Å². The number of rotatable bonds is 10. The quantitative estimate of drug-likeness (QED) is 0.287. The van der Waals surface area contributed by atoms with E-state index in [2.05, 4.69) is 72.4 Å². The van der Waals surface area contributed by atoms with E-state index in [1.807, 2.05) is 12.1 Å². The van der Waals surface area contributed by atoms with Crippen molar-refractivity contribution in [2.45, 2.75) is 77.1 Å². The summed E-state index contributed by atoms with van der Waals surface area (Å²) in [5, 5.41) is 0. The molecule has 2 unspecified atom stereocenters. The highest BCUT2D eigenvalue weighted by atomic mass is 19.1. The van der Waals surface area contributed by atoms with Crippen molar-refractivity contribution in [3.8, 4) is 5.75 Å². The predicted molar refractivity (Wildman–Crippen MR) is 143 cm³/mol. The Bertz CT molecular complexity index is 982. The maximum atomic E-state index is 14.2. The molecule has 2 fully saturated rings. The van der Waals surface area contributed by atoms with Gasteiger partial charge in [0.1, 0.15) is 11.6 Å². The first-order valence-electron chi connectivity index (χ1n) is 13.3. The van der Waals surface area contributed by atoms with Gasteiger partial charge >= 0.3 is 0 Å². The standard InChI is InChI=1S/C30H42FN3O/c1-5-7-8-16-32-22-30(34(23-32)28-13-10-12-27(31)19-28)15-17-33(24(3)20-30)21-26-11-9-14-29(18-26)35-25(4)6-2/h5,9-14,18-19,24-25H,1,6-8,15-17,20-23H2,2-4H3/t24?,25-,30?/m1/s1. The van der Waals surface area contributed by atoms with E-state index in [1.54, 1.807) is 12.1 Å². The van der Waals surface area contributed by atoms with Gasteiger partial charge in [-0.25, -0.2) is 4.39 Å². The lowest BCUT2D eigenvalue weighted by Crippen LogP contribution is -2.57. The molecule has 4 nitrogen and oxygen atoms in total. The second kappa shape index (κ2) is 11.6. The Hall–Kier alpha value is -2.37. The molecule has 3 atom stereocenters. The van der Waals surface area contributed by atoms with Gasteiger partial charge in [0.25, 0.3) is 0 Å². The second-order valence-electron chi connectivity index (χ2n) is 10.5. The molecule has 0 bridgehead atoms. The van der Waals surface area contributed by atoms with E-state index in [9.17, 15) is 4.39 Å². The molecule has 0 aromatic heterocycles. The van der Waals surface area contributed by atoms with Crippen LogP contribution < -0.4 is 9.64 Å². The zero-order valence-corrected chi connectivity index (χ0v) is 21.8. The van der Waals surface area contributed by atoms with E-state index < -0.39 is 0 Å². The van der Waals surface area contributed by atoms with Crippen LogP contribution in [-0.2, 0) is 6.54 Å². The highest BCUT2D eigenvalue weighted by Crippen LogP contribution is 2.41. The van der Waals surface area contributed by atoms with Gasteiger partial charge in [0, 0.05) is 37.9 Å². The summed E-state index contributed by atoms with van der Waals surface area (Å²) in [7, 11) is 0. The Morgan fingerprint density at radius 2 is 2.06 bits per heavy atom. The number of ether oxygens (including phenoxy) is 1. The highest BCUT2D eigenvalue weighted by Gasteiger charge is 2.48. The number of piperidine rings is 1. The number of nitrogens with zero attached hydrogens (tertiary/aromatic N) is 3. The fourth-order valence-electron chi connectivity index (χ4n) is 5.75. The van der Waals surface area contributed by atoms with E-state index in [1.165, 1.54) is 5.56 Å². The van der Waals surface area contributed by atoms with Gasteiger partial charge in [-0.1, -0.05) is 31.2 Å². The lowest BCUT2D eigenvalue weighted by atomic mass is 9.82. The summed E-state index contributed by atoms with van der Waals surface area (Å²) in [5.41, 5.74) is 2.35. The maximum absolute atomic E-state index is 14.2. The van der Waals surface area contributed by atoms with Gasteiger partial charge in [-0.05, 0) is 81.8 Å². The van der Waals surface area contributed by atoms with Gasteiger partial charge < -0.3 is 9.64 Å². The molecule has 2 aromatic rings. The van der Waals surface area contributed by atoms with E-state index in [0.29, 0.717) is 6.04 Å². The van der Waals surface area contributed by atoms with Crippen LogP contribution in [0.4, 0.5) is 10.1 Å². The molecule has 2 aliphatic rings. The van der Waals surface area contributed by atoms with Crippen molar-refractivity contribution < 1.29 is 9.13 Å². The van der Waals surface area contributed by atoms with Gasteiger partial charge in [-0.2, -0.15) is 0 Å². The van der Waals surface area contributed by atoms with E-state index >= 15 is 0 Å². The molecule has 0 radical (unpaired) electrons. The Kier molecular flexibility index (Phi) is 8.51. The van der Waals surface area contributed by atoms with E-state index in [-0.39, 0.29) is 17.5 Å². The average molecular weight is 480 g/mol. The Morgan fingerprint density at radius 3 is 2.80 bits per heavy atom. The van der Waals surface area contributed by atoms with Crippen molar-refractivity contribution in [2.75, 3.05) is 31.2 Å². The summed E-state index contributed by atoms with van der Waals surface area (Å²) in [5.74, 6) is 0.800. The highest BCUT2D eigenvalue weighted by molar-refractivity contribution is 5.51. The molecule has 5 heteroatoms. The Labute approximate surface area is 211 Å². The van der Waals surface area contributed by atoms with E-state index in [4.69, 9.17) is 4.74 Å². The summed E-state index contributed by atoms with van der Waals surface area (Å²) in [6.07, 6.45) is 7.53. The minimum absolute atomic E-state index is 0.0411. The number of likely N-dealkylation sites (tertiary alicyclic amines) is 1. The predicted octanol–water partition coefficient (Wildman–Crippen LogP) is 6.47.